The molecule has 3 fully saturated rings. The van der Waals surface area contributed by atoms with Gasteiger partial charge in [-0.05, 0) is 61.4 Å². The molecule has 34 heavy (non-hydrogen) atoms. The summed E-state index contributed by atoms with van der Waals surface area (Å²) in [7, 11) is 0. The Morgan fingerprint density at radius 2 is 1.53 bits per heavy atom. The standard InChI is InChI=1S/C25H27BrF2N6/c26-18-4-5-21(22(16-18)32-12-8-24(6-7-24)9-13-32)34-17-20(30-31-34)19-2-1-3-23(29-19)33-14-10-25(27,28)11-15-33/h1-5,16-17H,6-15H2. The Morgan fingerprint density at radius 3 is 2.26 bits per heavy atom. The lowest BCUT2D eigenvalue weighted by Gasteiger charge is -2.35. The van der Waals surface area contributed by atoms with Crippen molar-refractivity contribution in [2.45, 2.75) is 44.4 Å². The van der Waals surface area contributed by atoms with E-state index in [1.54, 1.807) is 0 Å². The first kappa shape index (κ1) is 21.9. The molecule has 4 heterocycles. The molecule has 0 bridgehead atoms. The molecule has 1 spiro atoms. The molecule has 0 N–H and O–H groups in total. The van der Waals surface area contributed by atoms with Crippen LogP contribution in [0.25, 0.3) is 17.1 Å². The average Bonchev–Trinajstić information content (AvgIpc) is 3.40. The Morgan fingerprint density at radius 1 is 0.794 bits per heavy atom. The fourth-order valence-electron chi connectivity index (χ4n) is 5.15. The maximum absolute atomic E-state index is 13.6. The summed E-state index contributed by atoms with van der Waals surface area (Å²) in [6, 6.07) is 11.9. The smallest absolute Gasteiger partial charge is 0.251 e. The second kappa shape index (κ2) is 8.29. The summed E-state index contributed by atoms with van der Waals surface area (Å²) in [4.78, 5) is 9.09. The molecule has 3 aliphatic rings. The lowest BCUT2D eigenvalue weighted by Crippen LogP contribution is -2.39. The second-order valence-electron chi connectivity index (χ2n) is 9.89. The number of benzene rings is 1. The van der Waals surface area contributed by atoms with E-state index in [-0.39, 0.29) is 12.8 Å². The van der Waals surface area contributed by atoms with Crippen molar-refractivity contribution >= 4 is 27.4 Å². The zero-order chi connectivity index (χ0) is 23.3. The van der Waals surface area contributed by atoms with Gasteiger partial charge in [-0.2, -0.15) is 0 Å². The summed E-state index contributed by atoms with van der Waals surface area (Å²) in [5.74, 6) is -1.87. The van der Waals surface area contributed by atoms with Crippen LogP contribution in [0.1, 0.15) is 38.5 Å². The van der Waals surface area contributed by atoms with Crippen LogP contribution in [0.3, 0.4) is 0 Å². The molecule has 178 valence electrons. The Balaban J connectivity index is 1.25. The normalized spacial score (nSPS) is 21.1. The van der Waals surface area contributed by atoms with E-state index in [9.17, 15) is 8.78 Å². The lowest BCUT2D eigenvalue weighted by molar-refractivity contribution is -0.0221. The molecule has 1 saturated carbocycles. The van der Waals surface area contributed by atoms with Gasteiger partial charge in [-0.15, -0.1) is 5.10 Å². The van der Waals surface area contributed by atoms with Crippen LogP contribution in [-0.4, -0.2) is 52.1 Å². The van der Waals surface area contributed by atoms with Gasteiger partial charge in [0.25, 0.3) is 5.92 Å². The number of anilines is 2. The van der Waals surface area contributed by atoms with Gasteiger partial charge in [0.1, 0.15) is 11.5 Å². The molecular weight excluding hydrogens is 502 g/mol. The minimum Gasteiger partial charge on any atom is -0.370 e. The van der Waals surface area contributed by atoms with E-state index >= 15 is 0 Å². The van der Waals surface area contributed by atoms with E-state index in [0.29, 0.717) is 35.7 Å². The first-order chi connectivity index (χ1) is 16.4. The van der Waals surface area contributed by atoms with Crippen LogP contribution in [0.5, 0.6) is 0 Å². The average molecular weight is 529 g/mol. The van der Waals surface area contributed by atoms with Crippen molar-refractivity contribution in [3.63, 3.8) is 0 Å². The van der Waals surface area contributed by atoms with Crippen LogP contribution in [0.4, 0.5) is 20.3 Å². The predicted molar refractivity (Wildman–Crippen MR) is 132 cm³/mol. The monoisotopic (exact) mass is 528 g/mol. The number of pyridine rings is 1. The van der Waals surface area contributed by atoms with Crippen molar-refractivity contribution in [3.8, 4) is 17.1 Å². The molecule has 0 amide bonds. The van der Waals surface area contributed by atoms with Gasteiger partial charge in [-0.25, -0.2) is 18.4 Å². The number of halogens is 3. The van der Waals surface area contributed by atoms with Gasteiger partial charge in [-0.3, -0.25) is 0 Å². The topological polar surface area (TPSA) is 50.1 Å². The Hall–Kier alpha value is -2.55. The van der Waals surface area contributed by atoms with E-state index in [2.05, 4.69) is 43.3 Å². The van der Waals surface area contributed by atoms with Crippen LogP contribution in [-0.2, 0) is 0 Å². The highest BCUT2D eigenvalue weighted by Crippen LogP contribution is 2.54. The van der Waals surface area contributed by atoms with E-state index < -0.39 is 5.92 Å². The van der Waals surface area contributed by atoms with Crippen LogP contribution < -0.4 is 9.80 Å². The number of nitrogens with zero attached hydrogens (tertiary/aromatic N) is 6. The quantitative estimate of drug-likeness (QED) is 0.434. The number of hydrogen-bond donors (Lipinski definition) is 0. The van der Waals surface area contributed by atoms with Gasteiger partial charge in [0.15, 0.2) is 0 Å². The van der Waals surface area contributed by atoms with E-state index in [0.717, 1.165) is 28.9 Å². The summed E-state index contributed by atoms with van der Waals surface area (Å²) in [6.07, 6.45) is 6.88. The molecule has 2 aliphatic heterocycles. The highest BCUT2D eigenvalue weighted by atomic mass is 79.9. The molecule has 3 aromatic rings. The highest BCUT2D eigenvalue weighted by molar-refractivity contribution is 9.10. The first-order valence-corrected chi connectivity index (χ1v) is 12.8. The number of rotatable bonds is 4. The van der Waals surface area contributed by atoms with Gasteiger partial charge >= 0.3 is 0 Å². The molecule has 6 nitrogen and oxygen atoms in total. The number of piperidine rings is 2. The zero-order valence-electron chi connectivity index (χ0n) is 18.9. The molecular formula is C25H27BrF2N6. The third-order valence-corrected chi connectivity index (χ3v) is 8.11. The Bertz CT molecular complexity index is 1190. The molecule has 0 unspecified atom stereocenters. The molecule has 2 saturated heterocycles. The van der Waals surface area contributed by atoms with Crippen LogP contribution in [0.15, 0.2) is 47.1 Å². The molecule has 0 atom stereocenters. The van der Waals surface area contributed by atoms with Crippen LogP contribution >= 0.6 is 15.9 Å². The molecule has 9 heteroatoms. The molecule has 6 rings (SSSR count). The van der Waals surface area contributed by atoms with Crippen molar-refractivity contribution in [2.24, 2.45) is 5.41 Å². The zero-order valence-corrected chi connectivity index (χ0v) is 20.5. The van der Waals surface area contributed by atoms with Gasteiger partial charge in [0.05, 0.1) is 23.3 Å². The fraction of sp³-hybridized carbons (Fsp3) is 0.480. The second-order valence-corrected chi connectivity index (χ2v) is 10.8. The number of hydrogen-bond acceptors (Lipinski definition) is 5. The first-order valence-electron chi connectivity index (χ1n) is 12.0. The third-order valence-electron chi connectivity index (χ3n) is 7.62. The van der Waals surface area contributed by atoms with Gasteiger partial charge in [0, 0.05) is 43.5 Å². The summed E-state index contributed by atoms with van der Waals surface area (Å²) >= 11 is 3.63. The number of alkyl halides is 2. The van der Waals surface area contributed by atoms with E-state index in [1.165, 1.54) is 25.7 Å². The third kappa shape index (κ3) is 4.30. The summed E-state index contributed by atoms with van der Waals surface area (Å²) in [5.41, 5.74) is 4.10. The predicted octanol–water partition coefficient (Wildman–Crippen LogP) is 5.71. The fourth-order valence-corrected chi connectivity index (χ4v) is 5.50. The van der Waals surface area contributed by atoms with Crippen molar-refractivity contribution in [2.75, 3.05) is 36.0 Å². The van der Waals surface area contributed by atoms with Gasteiger partial charge < -0.3 is 9.80 Å². The lowest BCUT2D eigenvalue weighted by atomic mass is 9.93. The van der Waals surface area contributed by atoms with E-state index in [4.69, 9.17) is 4.98 Å². The largest absolute Gasteiger partial charge is 0.370 e. The van der Waals surface area contributed by atoms with Crippen LogP contribution in [0, 0.1) is 5.41 Å². The summed E-state index contributed by atoms with van der Waals surface area (Å²) < 4.78 is 30.0. The van der Waals surface area contributed by atoms with Crippen molar-refractivity contribution < 1.29 is 8.78 Å². The van der Waals surface area contributed by atoms with E-state index in [1.807, 2.05) is 40.0 Å². The minimum atomic E-state index is -2.58. The van der Waals surface area contributed by atoms with Gasteiger partial charge in [0.2, 0.25) is 0 Å². The summed E-state index contributed by atoms with van der Waals surface area (Å²) in [5, 5.41) is 8.82. The summed E-state index contributed by atoms with van der Waals surface area (Å²) in [6.45, 7) is 2.72. The van der Waals surface area contributed by atoms with Gasteiger partial charge in [-0.1, -0.05) is 27.2 Å². The highest BCUT2D eigenvalue weighted by Gasteiger charge is 2.44. The maximum atomic E-state index is 13.6. The maximum Gasteiger partial charge on any atom is 0.251 e. The minimum absolute atomic E-state index is 0.140. The molecule has 2 aromatic heterocycles. The Kier molecular flexibility index (Phi) is 5.35. The van der Waals surface area contributed by atoms with Crippen molar-refractivity contribution in [1.29, 1.82) is 0 Å². The Labute approximate surface area is 206 Å². The van der Waals surface area contributed by atoms with Crippen LogP contribution in [0.2, 0.25) is 0 Å². The molecule has 1 aromatic carbocycles. The molecule has 0 radical (unpaired) electrons. The molecule has 1 aliphatic carbocycles. The SMILES string of the molecule is FC1(F)CCN(c2cccc(-c3cn(-c4ccc(Br)cc4N4CCC5(CC4)CC5)nn3)n2)CC1. The number of aromatic nitrogens is 4. The van der Waals surface area contributed by atoms with Crippen molar-refractivity contribution in [1.82, 2.24) is 20.0 Å². The van der Waals surface area contributed by atoms with Crippen molar-refractivity contribution in [3.05, 3.63) is 47.1 Å².